The Labute approximate surface area is 132 Å². The highest BCUT2D eigenvalue weighted by molar-refractivity contribution is 7.99. The maximum Gasteiger partial charge on any atom is 0.0239 e. The largest absolute Gasteiger partial charge is 0.293 e. The van der Waals surface area contributed by atoms with Gasteiger partial charge in [-0.2, -0.15) is 0 Å². The molecule has 0 saturated carbocycles. The Morgan fingerprint density at radius 1 is 0.952 bits per heavy atom. The summed E-state index contributed by atoms with van der Waals surface area (Å²) in [6.07, 6.45) is 2.65. The Hall–Kier alpha value is -1.25. The zero-order chi connectivity index (χ0) is 14.5. The zero-order valence-electron chi connectivity index (χ0n) is 12.6. The van der Waals surface area contributed by atoms with Gasteiger partial charge in [0.2, 0.25) is 0 Å². The average Bonchev–Trinajstić information content (AvgIpc) is 2.88. The lowest BCUT2D eigenvalue weighted by atomic mass is 10.2. The fourth-order valence-corrected chi connectivity index (χ4v) is 4.19. The summed E-state index contributed by atoms with van der Waals surface area (Å²) in [6.45, 7) is 3.46. The van der Waals surface area contributed by atoms with E-state index in [0.717, 1.165) is 6.54 Å². The van der Waals surface area contributed by atoms with E-state index in [4.69, 9.17) is 0 Å². The van der Waals surface area contributed by atoms with Crippen LogP contribution in [-0.4, -0.2) is 22.7 Å². The number of hydrogen-bond donors (Lipinski definition) is 0. The molecule has 0 unspecified atom stereocenters. The molecule has 1 aliphatic heterocycles. The van der Waals surface area contributed by atoms with Gasteiger partial charge < -0.3 is 0 Å². The molecule has 0 N–H and O–H groups in total. The van der Waals surface area contributed by atoms with Gasteiger partial charge in [0.05, 0.1) is 0 Å². The number of benzene rings is 2. The minimum Gasteiger partial charge on any atom is -0.293 e. The molecule has 2 aromatic rings. The van der Waals surface area contributed by atoms with Gasteiger partial charge in [0, 0.05) is 29.3 Å². The van der Waals surface area contributed by atoms with E-state index in [1.807, 2.05) is 11.8 Å². The number of thioether (sulfide) groups is 1. The first-order chi connectivity index (χ1) is 10.3. The summed E-state index contributed by atoms with van der Waals surface area (Å²) >= 11 is 1.99. The Balaban J connectivity index is 1.61. The van der Waals surface area contributed by atoms with Crippen LogP contribution in [0.5, 0.6) is 0 Å². The van der Waals surface area contributed by atoms with Crippen LogP contribution in [0.1, 0.15) is 25.3 Å². The topological polar surface area (TPSA) is 3.24 Å². The van der Waals surface area contributed by atoms with Gasteiger partial charge in [0.25, 0.3) is 0 Å². The van der Waals surface area contributed by atoms with Crippen LogP contribution in [0.25, 0.3) is 0 Å². The summed E-state index contributed by atoms with van der Waals surface area (Å²) in [5.74, 6) is 1.20. The predicted molar refractivity (Wildman–Crippen MR) is 91.6 cm³/mol. The summed E-state index contributed by atoms with van der Waals surface area (Å²) < 4.78 is 0. The van der Waals surface area contributed by atoms with Crippen molar-refractivity contribution in [3.05, 3.63) is 66.2 Å². The van der Waals surface area contributed by atoms with Crippen molar-refractivity contribution in [2.75, 3.05) is 5.75 Å². The van der Waals surface area contributed by atoms with Crippen LogP contribution in [0, 0.1) is 0 Å². The van der Waals surface area contributed by atoms with Crippen molar-refractivity contribution in [2.24, 2.45) is 0 Å². The fraction of sp³-hybridized carbons (Fsp3) is 0.368. The number of rotatable bonds is 5. The molecule has 0 amide bonds. The SMILES string of the molecule is C[C@H]1CC[C@H](CSc2ccccc2)N1Cc1ccccc1. The van der Waals surface area contributed by atoms with Crippen LogP contribution < -0.4 is 0 Å². The predicted octanol–water partition coefficient (Wildman–Crippen LogP) is 4.83. The molecule has 3 rings (SSSR count). The molecule has 1 heterocycles. The fourth-order valence-electron chi connectivity index (χ4n) is 3.09. The van der Waals surface area contributed by atoms with Crippen LogP contribution in [0.2, 0.25) is 0 Å². The van der Waals surface area contributed by atoms with Crippen molar-refractivity contribution >= 4 is 11.8 Å². The Bertz CT molecular complexity index is 540. The summed E-state index contributed by atoms with van der Waals surface area (Å²) in [4.78, 5) is 4.07. The van der Waals surface area contributed by atoms with E-state index in [-0.39, 0.29) is 0 Å². The molecule has 2 aromatic carbocycles. The standard InChI is InChI=1S/C19H23NS/c1-16-12-13-18(15-21-19-10-6-3-7-11-19)20(16)14-17-8-4-2-5-9-17/h2-11,16,18H,12-15H2,1H3/t16-,18+/m0/s1. The summed E-state index contributed by atoms with van der Waals surface area (Å²) in [5, 5.41) is 0. The Morgan fingerprint density at radius 3 is 2.33 bits per heavy atom. The van der Waals surface area contributed by atoms with Crippen molar-refractivity contribution in [1.82, 2.24) is 4.90 Å². The van der Waals surface area contributed by atoms with Gasteiger partial charge >= 0.3 is 0 Å². The molecule has 0 spiro atoms. The van der Waals surface area contributed by atoms with Crippen molar-refractivity contribution in [3.8, 4) is 0 Å². The van der Waals surface area contributed by atoms with E-state index in [9.17, 15) is 0 Å². The molecular weight excluding hydrogens is 274 g/mol. The van der Waals surface area contributed by atoms with E-state index in [0.29, 0.717) is 12.1 Å². The third kappa shape index (κ3) is 3.90. The minimum absolute atomic E-state index is 0.699. The third-order valence-corrected chi connectivity index (χ3v) is 5.50. The molecule has 0 radical (unpaired) electrons. The number of nitrogens with zero attached hydrogens (tertiary/aromatic N) is 1. The van der Waals surface area contributed by atoms with Crippen molar-refractivity contribution in [1.29, 1.82) is 0 Å². The second-order valence-electron chi connectivity index (χ2n) is 5.86. The molecular formula is C19H23NS. The van der Waals surface area contributed by atoms with Gasteiger partial charge in [-0.1, -0.05) is 48.5 Å². The summed E-state index contributed by atoms with van der Waals surface area (Å²) in [6, 6.07) is 23.0. The lowest BCUT2D eigenvalue weighted by molar-refractivity contribution is 0.208. The van der Waals surface area contributed by atoms with Crippen LogP contribution in [0.3, 0.4) is 0 Å². The van der Waals surface area contributed by atoms with Gasteiger partial charge in [0.15, 0.2) is 0 Å². The summed E-state index contributed by atoms with van der Waals surface area (Å²) in [5.41, 5.74) is 1.43. The normalized spacial score (nSPS) is 22.5. The van der Waals surface area contributed by atoms with Gasteiger partial charge in [-0.05, 0) is 37.5 Å². The van der Waals surface area contributed by atoms with E-state index >= 15 is 0 Å². The molecule has 2 atom stereocenters. The number of hydrogen-bond acceptors (Lipinski definition) is 2. The molecule has 0 aliphatic carbocycles. The van der Waals surface area contributed by atoms with Crippen LogP contribution in [0.15, 0.2) is 65.6 Å². The molecule has 0 aromatic heterocycles. The quantitative estimate of drug-likeness (QED) is 0.727. The first-order valence-electron chi connectivity index (χ1n) is 7.80. The molecule has 2 heteroatoms. The highest BCUT2D eigenvalue weighted by Crippen LogP contribution is 2.30. The molecule has 110 valence electrons. The molecule has 21 heavy (non-hydrogen) atoms. The number of likely N-dealkylation sites (tertiary alicyclic amines) is 1. The maximum atomic E-state index is 2.69. The molecule has 1 fully saturated rings. The van der Waals surface area contributed by atoms with Crippen molar-refractivity contribution in [2.45, 2.75) is 43.3 Å². The van der Waals surface area contributed by atoms with Crippen molar-refractivity contribution in [3.63, 3.8) is 0 Å². The molecule has 1 nitrogen and oxygen atoms in total. The third-order valence-electron chi connectivity index (χ3n) is 4.35. The molecule has 1 saturated heterocycles. The first-order valence-corrected chi connectivity index (χ1v) is 8.79. The van der Waals surface area contributed by atoms with Crippen LogP contribution in [0.4, 0.5) is 0 Å². The second kappa shape index (κ2) is 7.15. The summed E-state index contributed by atoms with van der Waals surface area (Å²) in [7, 11) is 0. The van der Waals surface area contributed by atoms with Gasteiger partial charge in [-0.15, -0.1) is 11.8 Å². The van der Waals surface area contributed by atoms with E-state index < -0.39 is 0 Å². The smallest absolute Gasteiger partial charge is 0.0239 e. The van der Waals surface area contributed by atoms with E-state index in [1.54, 1.807) is 0 Å². The van der Waals surface area contributed by atoms with Crippen molar-refractivity contribution < 1.29 is 0 Å². The van der Waals surface area contributed by atoms with E-state index in [2.05, 4.69) is 72.5 Å². The van der Waals surface area contributed by atoms with Gasteiger partial charge in [-0.3, -0.25) is 4.90 Å². The second-order valence-corrected chi connectivity index (χ2v) is 6.96. The zero-order valence-corrected chi connectivity index (χ0v) is 13.4. The molecule has 0 bridgehead atoms. The minimum atomic E-state index is 0.699. The first kappa shape index (κ1) is 14.7. The van der Waals surface area contributed by atoms with Gasteiger partial charge in [-0.25, -0.2) is 0 Å². The van der Waals surface area contributed by atoms with Crippen LogP contribution in [-0.2, 0) is 6.54 Å². The van der Waals surface area contributed by atoms with Crippen LogP contribution >= 0.6 is 11.8 Å². The monoisotopic (exact) mass is 297 g/mol. The van der Waals surface area contributed by atoms with Gasteiger partial charge in [0.1, 0.15) is 0 Å². The van der Waals surface area contributed by atoms with E-state index in [1.165, 1.54) is 29.1 Å². The maximum absolute atomic E-state index is 2.69. The Morgan fingerprint density at radius 2 is 1.62 bits per heavy atom. The lowest BCUT2D eigenvalue weighted by Gasteiger charge is -2.28. The average molecular weight is 297 g/mol. The molecule has 1 aliphatic rings. The Kier molecular flexibility index (Phi) is 5.00. The lowest BCUT2D eigenvalue weighted by Crippen LogP contribution is -2.35. The highest BCUT2D eigenvalue weighted by atomic mass is 32.2. The highest BCUT2D eigenvalue weighted by Gasteiger charge is 2.30.